The van der Waals surface area contributed by atoms with Crippen molar-refractivity contribution in [2.45, 2.75) is 0 Å². The van der Waals surface area contributed by atoms with Crippen LogP contribution in [-0.4, -0.2) is 35.7 Å². The molecule has 5 nitrogen and oxygen atoms in total. The van der Waals surface area contributed by atoms with Gasteiger partial charge in [-0.25, -0.2) is 4.98 Å². The quantitative estimate of drug-likeness (QED) is 0.689. The van der Waals surface area contributed by atoms with E-state index in [4.69, 9.17) is 0 Å². The summed E-state index contributed by atoms with van der Waals surface area (Å²) in [6, 6.07) is 1.50. The molecule has 0 spiro atoms. The Kier molecular flexibility index (Phi) is 2.21. The van der Waals surface area contributed by atoms with Crippen molar-refractivity contribution in [3.05, 3.63) is 22.6 Å². The molecule has 2 saturated heterocycles. The van der Waals surface area contributed by atoms with E-state index in [1.165, 1.54) is 6.07 Å². The first-order chi connectivity index (χ1) is 7.75. The molecule has 2 aliphatic heterocycles. The summed E-state index contributed by atoms with van der Waals surface area (Å²) in [6.07, 6.45) is 1.60. The van der Waals surface area contributed by atoms with Crippen molar-refractivity contribution in [1.29, 1.82) is 0 Å². The first-order valence-electron chi connectivity index (χ1n) is 5.73. The standard InChI is InChI=1S/C11H16N4O/c1-14-10(16)2-3-13-11(14)15-6-8-4-12-5-9(8)7-15/h2-3,8-9,12H,4-7H2,1H3. The SMILES string of the molecule is Cn1c(N2CC3CNCC3C2)nccc1=O. The minimum absolute atomic E-state index is 0.0141. The van der Waals surface area contributed by atoms with Crippen LogP contribution in [0, 0.1) is 11.8 Å². The number of fused-ring (bicyclic) bond motifs is 1. The fraction of sp³-hybridized carbons (Fsp3) is 0.636. The normalized spacial score (nSPS) is 28.4. The monoisotopic (exact) mass is 220 g/mol. The van der Waals surface area contributed by atoms with Crippen LogP contribution in [0.15, 0.2) is 17.1 Å². The van der Waals surface area contributed by atoms with Crippen LogP contribution in [-0.2, 0) is 7.05 Å². The Labute approximate surface area is 94.1 Å². The lowest BCUT2D eigenvalue weighted by atomic mass is 10.0. The van der Waals surface area contributed by atoms with E-state index in [9.17, 15) is 4.79 Å². The van der Waals surface area contributed by atoms with Crippen molar-refractivity contribution in [1.82, 2.24) is 14.9 Å². The summed E-state index contributed by atoms with van der Waals surface area (Å²) in [5.74, 6) is 2.25. The zero-order chi connectivity index (χ0) is 11.1. The van der Waals surface area contributed by atoms with Gasteiger partial charge in [0.2, 0.25) is 5.95 Å². The molecule has 2 aliphatic rings. The summed E-state index contributed by atoms with van der Waals surface area (Å²) in [5.41, 5.74) is 0.0141. The number of rotatable bonds is 1. The summed E-state index contributed by atoms with van der Waals surface area (Å²) < 4.78 is 1.63. The molecular weight excluding hydrogens is 204 g/mol. The highest BCUT2D eigenvalue weighted by Gasteiger charge is 2.37. The lowest BCUT2D eigenvalue weighted by Crippen LogP contribution is -2.31. The Morgan fingerprint density at radius 3 is 2.75 bits per heavy atom. The molecule has 0 radical (unpaired) electrons. The molecule has 0 saturated carbocycles. The van der Waals surface area contributed by atoms with E-state index in [-0.39, 0.29) is 5.56 Å². The second kappa shape index (κ2) is 3.59. The third-order valence-corrected chi connectivity index (χ3v) is 3.71. The van der Waals surface area contributed by atoms with Gasteiger partial charge in [-0.1, -0.05) is 0 Å². The molecule has 1 aromatic rings. The van der Waals surface area contributed by atoms with Crippen LogP contribution in [0.25, 0.3) is 0 Å². The smallest absolute Gasteiger partial charge is 0.254 e. The summed E-state index contributed by atoms with van der Waals surface area (Å²) in [7, 11) is 1.79. The van der Waals surface area contributed by atoms with Crippen molar-refractivity contribution in [3.8, 4) is 0 Å². The molecule has 3 heterocycles. The Hall–Kier alpha value is -1.36. The van der Waals surface area contributed by atoms with Crippen molar-refractivity contribution >= 4 is 5.95 Å². The van der Waals surface area contributed by atoms with Gasteiger partial charge in [0.15, 0.2) is 0 Å². The summed E-state index contributed by atoms with van der Waals surface area (Å²) >= 11 is 0. The fourth-order valence-electron chi connectivity index (χ4n) is 2.78. The molecule has 3 rings (SSSR count). The molecular formula is C11H16N4O. The van der Waals surface area contributed by atoms with Gasteiger partial charge in [-0.2, -0.15) is 0 Å². The fourth-order valence-corrected chi connectivity index (χ4v) is 2.78. The van der Waals surface area contributed by atoms with E-state index in [2.05, 4.69) is 15.2 Å². The zero-order valence-electron chi connectivity index (χ0n) is 9.39. The van der Waals surface area contributed by atoms with Crippen molar-refractivity contribution in [3.63, 3.8) is 0 Å². The second-order valence-corrected chi connectivity index (χ2v) is 4.73. The molecule has 1 N–H and O–H groups in total. The molecule has 2 unspecified atom stereocenters. The summed E-state index contributed by atoms with van der Waals surface area (Å²) in [6.45, 7) is 4.23. The third kappa shape index (κ3) is 1.43. The van der Waals surface area contributed by atoms with Gasteiger partial charge in [0.1, 0.15) is 0 Å². The molecule has 0 bridgehead atoms. The molecule has 0 aliphatic carbocycles. The highest BCUT2D eigenvalue weighted by atomic mass is 16.1. The van der Waals surface area contributed by atoms with E-state index in [0.29, 0.717) is 0 Å². The van der Waals surface area contributed by atoms with Crippen molar-refractivity contribution in [2.75, 3.05) is 31.1 Å². The lowest BCUT2D eigenvalue weighted by Gasteiger charge is -2.20. The van der Waals surface area contributed by atoms with Gasteiger partial charge in [-0.15, -0.1) is 0 Å². The Morgan fingerprint density at radius 1 is 1.38 bits per heavy atom. The van der Waals surface area contributed by atoms with Crippen LogP contribution in [0.5, 0.6) is 0 Å². The van der Waals surface area contributed by atoms with Crippen LogP contribution < -0.4 is 15.8 Å². The van der Waals surface area contributed by atoms with E-state index >= 15 is 0 Å². The van der Waals surface area contributed by atoms with Crippen LogP contribution in [0.3, 0.4) is 0 Å². The summed E-state index contributed by atoms with van der Waals surface area (Å²) in [4.78, 5) is 18.1. The number of hydrogen-bond donors (Lipinski definition) is 1. The van der Waals surface area contributed by atoms with Gasteiger partial charge in [0.25, 0.3) is 5.56 Å². The largest absolute Gasteiger partial charge is 0.342 e. The first-order valence-corrected chi connectivity index (χ1v) is 5.73. The number of hydrogen-bond acceptors (Lipinski definition) is 4. The van der Waals surface area contributed by atoms with E-state index in [1.54, 1.807) is 17.8 Å². The molecule has 0 aromatic carbocycles. The van der Waals surface area contributed by atoms with Crippen LogP contribution in [0.1, 0.15) is 0 Å². The van der Waals surface area contributed by atoms with Crippen LogP contribution in [0.2, 0.25) is 0 Å². The van der Waals surface area contributed by atoms with Gasteiger partial charge in [-0.3, -0.25) is 9.36 Å². The van der Waals surface area contributed by atoms with Gasteiger partial charge in [-0.05, 0) is 11.8 Å². The number of nitrogens with zero attached hydrogens (tertiary/aromatic N) is 3. The van der Waals surface area contributed by atoms with E-state index in [1.807, 2.05) is 0 Å². The van der Waals surface area contributed by atoms with Crippen molar-refractivity contribution in [2.24, 2.45) is 18.9 Å². The van der Waals surface area contributed by atoms with Crippen LogP contribution >= 0.6 is 0 Å². The van der Waals surface area contributed by atoms with Gasteiger partial charge < -0.3 is 10.2 Å². The Balaban J connectivity index is 1.89. The Morgan fingerprint density at radius 2 is 2.06 bits per heavy atom. The lowest BCUT2D eigenvalue weighted by molar-refractivity contribution is 0.533. The summed E-state index contributed by atoms with van der Waals surface area (Å²) in [5, 5.41) is 3.41. The minimum atomic E-state index is 0.0141. The molecule has 1 aromatic heterocycles. The molecule has 5 heteroatoms. The molecule has 0 amide bonds. The molecule has 2 fully saturated rings. The predicted molar refractivity (Wildman–Crippen MR) is 61.5 cm³/mol. The third-order valence-electron chi connectivity index (χ3n) is 3.71. The highest BCUT2D eigenvalue weighted by molar-refractivity contribution is 5.33. The van der Waals surface area contributed by atoms with Crippen LogP contribution in [0.4, 0.5) is 5.95 Å². The maximum atomic E-state index is 11.5. The van der Waals surface area contributed by atoms with Gasteiger partial charge in [0.05, 0.1) is 0 Å². The topological polar surface area (TPSA) is 50.2 Å². The van der Waals surface area contributed by atoms with E-state index in [0.717, 1.165) is 44.0 Å². The Bertz CT molecular complexity index is 444. The maximum absolute atomic E-state index is 11.5. The van der Waals surface area contributed by atoms with E-state index < -0.39 is 0 Å². The van der Waals surface area contributed by atoms with Gasteiger partial charge >= 0.3 is 0 Å². The average Bonchev–Trinajstić information content (AvgIpc) is 2.81. The number of anilines is 1. The molecule has 2 atom stereocenters. The van der Waals surface area contributed by atoms with Crippen molar-refractivity contribution < 1.29 is 0 Å². The zero-order valence-corrected chi connectivity index (χ0v) is 9.39. The first kappa shape index (κ1) is 9.84. The second-order valence-electron chi connectivity index (χ2n) is 4.73. The van der Waals surface area contributed by atoms with Gasteiger partial charge in [0, 0.05) is 45.5 Å². The predicted octanol–water partition coefficient (Wildman–Crippen LogP) is -0.564. The molecule has 86 valence electrons. The molecule has 16 heavy (non-hydrogen) atoms. The highest BCUT2D eigenvalue weighted by Crippen LogP contribution is 2.28. The minimum Gasteiger partial charge on any atom is -0.342 e. The number of nitrogens with one attached hydrogen (secondary N) is 1. The maximum Gasteiger partial charge on any atom is 0.254 e. The average molecular weight is 220 g/mol. The number of aromatic nitrogens is 2.